The van der Waals surface area contributed by atoms with Crippen LogP contribution in [0, 0.1) is 5.92 Å². The van der Waals surface area contributed by atoms with Gasteiger partial charge in [0.15, 0.2) is 0 Å². The van der Waals surface area contributed by atoms with Gasteiger partial charge in [-0.15, -0.1) is 0 Å². The summed E-state index contributed by atoms with van der Waals surface area (Å²) in [6, 6.07) is 3.04. The fourth-order valence-corrected chi connectivity index (χ4v) is 3.77. The lowest BCUT2D eigenvalue weighted by Gasteiger charge is -2.30. The fraction of sp³-hybridized carbons (Fsp3) is 0.500. The molecule has 0 unspecified atom stereocenters. The van der Waals surface area contributed by atoms with Gasteiger partial charge in [0.25, 0.3) is 0 Å². The van der Waals surface area contributed by atoms with Crippen LogP contribution in [0.4, 0.5) is 24.5 Å². The molecule has 2 N–H and O–H groups in total. The smallest absolute Gasteiger partial charge is 0.326 e. The number of rotatable bonds is 4. The summed E-state index contributed by atoms with van der Waals surface area (Å²) in [4.78, 5) is 23.5. The fourth-order valence-electron chi connectivity index (χ4n) is 2.86. The molecule has 0 radical (unpaired) electrons. The number of amides is 2. The van der Waals surface area contributed by atoms with Gasteiger partial charge >= 0.3 is 6.18 Å². The van der Waals surface area contributed by atoms with Gasteiger partial charge in [-0.25, -0.2) is 12.7 Å². The number of alkyl halides is 3. The lowest BCUT2D eigenvalue weighted by molar-refractivity contribution is -0.137. The molecular weight excluding hydrogens is 387 g/mol. The Kier molecular flexibility index (Phi) is 6.15. The molecule has 1 aliphatic rings. The topological polar surface area (TPSA) is 95.6 Å². The highest BCUT2D eigenvalue weighted by atomic mass is 32.2. The zero-order chi connectivity index (χ0) is 20.4. The van der Waals surface area contributed by atoms with E-state index in [1.807, 2.05) is 0 Å². The summed E-state index contributed by atoms with van der Waals surface area (Å²) in [7, 11) is -3.48. The summed E-state index contributed by atoms with van der Waals surface area (Å²) in [5.74, 6) is -1.95. The van der Waals surface area contributed by atoms with E-state index < -0.39 is 45.2 Å². The number of nitrogens with zero attached hydrogens (tertiary/aromatic N) is 1. The second-order valence-corrected chi connectivity index (χ2v) is 8.37. The van der Waals surface area contributed by atoms with E-state index in [9.17, 15) is 31.2 Å². The van der Waals surface area contributed by atoms with Gasteiger partial charge in [-0.05, 0) is 31.0 Å². The van der Waals surface area contributed by atoms with Crippen molar-refractivity contribution in [2.24, 2.45) is 5.92 Å². The van der Waals surface area contributed by atoms with Crippen molar-refractivity contribution in [2.45, 2.75) is 25.9 Å². The number of nitrogens with one attached hydrogen (secondary N) is 2. The van der Waals surface area contributed by atoms with Crippen LogP contribution in [0.1, 0.15) is 25.3 Å². The number of benzene rings is 1. The lowest BCUT2D eigenvalue weighted by Crippen LogP contribution is -2.43. The molecule has 1 fully saturated rings. The van der Waals surface area contributed by atoms with Gasteiger partial charge in [-0.3, -0.25) is 9.59 Å². The van der Waals surface area contributed by atoms with Crippen LogP contribution < -0.4 is 10.6 Å². The van der Waals surface area contributed by atoms with Crippen LogP contribution >= 0.6 is 0 Å². The van der Waals surface area contributed by atoms with E-state index in [2.05, 4.69) is 10.6 Å². The van der Waals surface area contributed by atoms with Crippen molar-refractivity contribution in [3.8, 4) is 0 Å². The minimum Gasteiger partial charge on any atom is -0.326 e. The molecule has 0 saturated carbocycles. The Hall–Kier alpha value is -2.14. The monoisotopic (exact) mass is 407 g/mol. The standard InChI is InChI=1S/C16H20F3N3O4S/c1-10(23)20-12-5-6-14(13(8-12)16(17,18)19)21-15(24)11-4-3-7-22(9-11)27(2,25)26/h5-6,8,11H,3-4,7,9H2,1-2H3,(H,20,23)(H,21,24)/t11-/m0/s1. The Labute approximate surface area is 155 Å². The number of carbonyl (C=O) groups is 2. The number of hydrogen-bond donors (Lipinski definition) is 2. The lowest BCUT2D eigenvalue weighted by atomic mass is 9.98. The zero-order valence-electron chi connectivity index (χ0n) is 14.8. The Morgan fingerprint density at radius 2 is 1.89 bits per heavy atom. The molecule has 27 heavy (non-hydrogen) atoms. The number of piperidine rings is 1. The number of sulfonamides is 1. The summed E-state index contributed by atoms with van der Waals surface area (Å²) >= 11 is 0. The van der Waals surface area contributed by atoms with E-state index in [4.69, 9.17) is 0 Å². The molecule has 1 heterocycles. The Morgan fingerprint density at radius 1 is 1.22 bits per heavy atom. The number of carbonyl (C=O) groups excluding carboxylic acids is 2. The van der Waals surface area contributed by atoms with Gasteiger partial charge in [-0.2, -0.15) is 13.2 Å². The molecule has 1 saturated heterocycles. The van der Waals surface area contributed by atoms with E-state index in [1.54, 1.807) is 0 Å². The Bertz CT molecular complexity index is 840. The van der Waals surface area contributed by atoms with E-state index in [0.29, 0.717) is 12.8 Å². The molecule has 0 aromatic heterocycles. The predicted octanol–water partition coefficient (Wildman–Crippen LogP) is 2.27. The van der Waals surface area contributed by atoms with Gasteiger partial charge in [-0.1, -0.05) is 0 Å². The second kappa shape index (κ2) is 7.85. The first-order valence-corrected chi connectivity index (χ1v) is 9.97. The molecule has 1 atom stereocenters. The third kappa shape index (κ3) is 5.67. The minimum atomic E-state index is -4.75. The molecule has 2 amide bonds. The van der Waals surface area contributed by atoms with E-state index in [1.165, 1.54) is 13.0 Å². The van der Waals surface area contributed by atoms with Crippen LogP contribution in [-0.2, 0) is 25.8 Å². The first-order chi connectivity index (χ1) is 12.4. The van der Waals surface area contributed by atoms with Crippen LogP contribution in [0.25, 0.3) is 0 Å². The molecule has 150 valence electrons. The largest absolute Gasteiger partial charge is 0.418 e. The maximum atomic E-state index is 13.3. The van der Waals surface area contributed by atoms with Crippen LogP contribution in [0.15, 0.2) is 18.2 Å². The SMILES string of the molecule is CC(=O)Nc1ccc(NC(=O)[C@H]2CCCN(S(C)(=O)=O)C2)c(C(F)(F)F)c1. The highest BCUT2D eigenvalue weighted by molar-refractivity contribution is 7.88. The molecular formula is C16H20F3N3O4S. The van der Waals surface area contributed by atoms with Crippen molar-refractivity contribution >= 4 is 33.2 Å². The Balaban J connectivity index is 2.22. The number of halogens is 3. The molecule has 1 aromatic carbocycles. The van der Waals surface area contributed by atoms with E-state index >= 15 is 0 Å². The first kappa shape index (κ1) is 21.2. The van der Waals surface area contributed by atoms with Crippen molar-refractivity contribution in [3.05, 3.63) is 23.8 Å². The number of anilines is 2. The molecule has 0 bridgehead atoms. The van der Waals surface area contributed by atoms with E-state index in [0.717, 1.165) is 22.7 Å². The predicted molar refractivity (Wildman–Crippen MR) is 93.5 cm³/mol. The quantitative estimate of drug-likeness (QED) is 0.801. The highest BCUT2D eigenvalue weighted by Gasteiger charge is 2.36. The highest BCUT2D eigenvalue weighted by Crippen LogP contribution is 2.37. The molecule has 0 spiro atoms. The van der Waals surface area contributed by atoms with Crippen molar-refractivity contribution in [2.75, 3.05) is 30.0 Å². The van der Waals surface area contributed by atoms with Gasteiger partial charge in [0.05, 0.1) is 23.4 Å². The summed E-state index contributed by atoms with van der Waals surface area (Å²) < 4.78 is 64.4. The molecule has 0 aliphatic carbocycles. The van der Waals surface area contributed by atoms with Crippen LogP contribution in [0.5, 0.6) is 0 Å². The molecule has 7 nitrogen and oxygen atoms in total. The average Bonchev–Trinajstić information content (AvgIpc) is 2.54. The second-order valence-electron chi connectivity index (χ2n) is 6.39. The summed E-state index contributed by atoms with van der Waals surface area (Å²) in [6.45, 7) is 1.37. The maximum absolute atomic E-state index is 13.3. The minimum absolute atomic E-state index is 0.0475. The first-order valence-electron chi connectivity index (χ1n) is 8.13. The molecule has 1 aliphatic heterocycles. The van der Waals surface area contributed by atoms with Gasteiger partial charge < -0.3 is 10.6 Å². The van der Waals surface area contributed by atoms with Crippen LogP contribution in [0.3, 0.4) is 0 Å². The molecule has 1 aromatic rings. The van der Waals surface area contributed by atoms with Gasteiger partial charge in [0, 0.05) is 25.7 Å². The third-order valence-corrected chi connectivity index (χ3v) is 5.40. The van der Waals surface area contributed by atoms with Gasteiger partial charge in [0.1, 0.15) is 0 Å². The van der Waals surface area contributed by atoms with Crippen molar-refractivity contribution in [1.29, 1.82) is 0 Å². The van der Waals surface area contributed by atoms with E-state index in [-0.39, 0.29) is 18.8 Å². The summed E-state index contributed by atoms with van der Waals surface area (Å²) in [5.41, 5.74) is -1.59. The van der Waals surface area contributed by atoms with Crippen molar-refractivity contribution in [3.63, 3.8) is 0 Å². The average molecular weight is 407 g/mol. The Morgan fingerprint density at radius 3 is 2.44 bits per heavy atom. The summed E-state index contributed by atoms with van der Waals surface area (Å²) in [5, 5.41) is 4.50. The third-order valence-electron chi connectivity index (χ3n) is 4.13. The molecule has 2 rings (SSSR count). The maximum Gasteiger partial charge on any atom is 0.418 e. The van der Waals surface area contributed by atoms with Crippen LogP contribution in [-0.4, -0.2) is 43.9 Å². The summed E-state index contributed by atoms with van der Waals surface area (Å²) in [6.07, 6.45) is -2.90. The van der Waals surface area contributed by atoms with Crippen molar-refractivity contribution in [1.82, 2.24) is 4.31 Å². The zero-order valence-corrected chi connectivity index (χ0v) is 15.6. The van der Waals surface area contributed by atoms with Crippen LogP contribution in [0.2, 0.25) is 0 Å². The number of hydrogen-bond acceptors (Lipinski definition) is 4. The molecule has 11 heteroatoms. The van der Waals surface area contributed by atoms with Crippen molar-refractivity contribution < 1.29 is 31.2 Å². The van der Waals surface area contributed by atoms with Gasteiger partial charge in [0.2, 0.25) is 21.8 Å². The normalized spacial score (nSPS) is 18.8.